The minimum atomic E-state index is 0.636. The van der Waals surface area contributed by atoms with E-state index in [1.807, 2.05) is 6.07 Å². The van der Waals surface area contributed by atoms with Gasteiger partial charge in [0.05, 0.1) is 13.4 Å². The van der Waals surface area contributed by atoms with E-state index in [-0.39, 0.29) is 0 Å². The number of rotatable bonds is 3. The van der Waals surface area contributed by atoms with Crippen LogP contribution in [0.4, 0.5) is 0 Å². The van der Waals surface area contributed by atoms with Crippen LogP contribution in [-0.4, -0.2) is 12.2 Å². The molecule has 0 aromatic heterocycles. The maximum atomic E-state index is 8.50. The molecule has 0 aliphatic carbocycles. The highest BCUT2D eigenvalue weighted by molar-refractivity contribution is 6.30. The van der Waals surface area contributed by atoms with Gasteiger partial charge in [-0.05, 0) is 30.2 Å². The molecule has 0 unspecified atom stereocenters. The Balaban J connectivity index is 2.92. The first-order chi connectivity index (χ1) is 6.27. The summed E-state index contributed by atoms with van der Waals surface area (Å²) in [5.41, 5.74) is 0.997. The molecule has 0 amide bonds. The van der Waals surface area contributed by atoms with Crippen LogP contribution in [0.5, 0.6) is 5.75 Å². The quantitative estimate of drug-likeness (QED) is 0.757. The molecule has 3 heteroatoms. The molecule has 0 bridgehead atoms. The fraction of sp³-hybridized carbons (Fsp3) is 0.200. The number of aliphatic hydroxyl groups is 1. The first kappa shape index (κ1) is 9.93. The highest BCUT2D eigenvalue weighted by atomic mass is 35.5. The molecule has 0 saturated heterocycles. The SMILES string of the molecule is COc1cc(Cl)ccc1C/C=C\O. The summed E-state index contributed by atoms with van der Waals surface area (Å²) < 4.78 is 5.12. The van der Waals surface area contributed by atoms with E-state index in [1.54, 1.807) is 25.3 Å². The second kappa shape index (κ2) is 4.77. The van der Waals surface area contributed by atoms with Crippen molar-refractivity contribution in [3.63, 3.8) is 0 Å². The summed E-state index contributed by atoms with van der Waals surface area (Å²) in [6.45, 7) is 0. The molecule has 2 nitrogen and oxygen atoms in total. The number of methoxy groups -OCH3 is 1. The number of benzene rings is 1. The third-order valence-electron chi connectivity index (χ3n) is 1.69. The number of halogens is 1. The third kappa shape index (κ3) is 2.67. The van der Waals surface area contributed by atoms with Gasteiger partial charge in [0.2, 0.25) is 0 Å². The number of aliphatic hydroxyl groups excluding tert-OH is 1. The Labute approximate surface area is 82.4 Å². The summed E-state index contributed by atoms with van der Waals surface area (Å²) in [6.07, 6.45) is 3.30. The first-order valence-corrected chi connectivity index (χ1v) is 4.27. The van der Waals surface area contributed by atoms with E-state index in [4.69, 9.17) is 21.4 Å². The Morgan fingerprint density at radius 2 is 2.31 bits per heavy atom. The molecule has 0 atom stereocenters. The largest absolute Gasteiger partial charge is 0.516 e. The van der Waals surface area contributed by atoms with Gasteiger partial charge in [-0.2, -0.15) is 0 Å². The van der Waals surface area contributed by atoms with Crippen molar-refractivity contribution in [2.75, 3.05) is 7.11 Å². The van der Waals surface area contributed by atoms with E-state index in [0.29, 0.717) is 11.4 Å². The van der Waals surface area contributed by atoms with Gasteiger partial charge in [-0.3, -0.25) is 0 Å². The van der Waals surface area contributed by atoms with Crippen LogP contribution in [0, 0.1) is 0 Å². The van der Waals surface area contributed by atoms with Gasteiger partial charge in [-0.25, -0.2) is 0 Å². The third-order valence-corrected chi connectivity index (χ3v) is 1.93. The standard InChI is InChI=1S/C10H11ClO2/c1-13-10-7-9(11)5-4-8(10)3-2-6-12/h2,4-7,12H,3H2,1H3/b6-2-. The van der Waals surface area contributed by atoms with Gasteiger partial charge < -0.3 is 9.84 Å². The van der Waals surface area contributed by atoms with Gasteiger partial charge in [-0.15, -0.1) is 0 Å². The monoisotopic (exact) mass is 198 g/mol. The molecule has 0 spiro atoms. The van der Waals surface area contributed by atoms with E-state index in [1.165, 1.54) is 0 Å². The average molecular weight is 199 g/mol. The van der Waals surface area contributed by atoms with Crippen molar-refractivity contribution < 1.29 is 9.84 Å². The van der Waals surface area contributed by atoms with Crippen LogP contribution in [0.2, 0.25) is 5.02 Å². The van der Waals surface area contributed by atoms with Gasteiger partial charge in [0.15, 0.2) is 0 Å². The number of hydrogen-bond acceptors (Lipinski definition) is 2. The minimum Gasteiger partial charge on any atom is -0.516 e. The molecule has 0 saturated carbocycles. The second-order valence-corrected chi connectivity index (χ2v) is 2.98. The maximum Gasteiger partial charge on any atom is 0.123 e. The molecular weight excluding hydrogens is 188 g/mol. The van der Waals surface area contributed by atoms with Crippen LogP contribution in [0.25, 0.3) is 0 Å². The van der Waals surface area contributed by atoms with Gasteiger partial charge in [-0.1, -0.05) is 17.7 Å². The van der Waals surface area contributed by atoms with E-state index in [2.05, 4.69) is 0 Å². The van der Waals surface area contributed by atoms with E-state index < -0.39 is 0 Å². The van der Waals surface area contributed by atoms with Crippen molar-refractivity contribution in [3.05, 3.63) is 41.1 Å². The predicted molar refractivity (Wildman–Crippen MR) is 53.5 cm³/mol. The highest BCUT2D eigenvalue weighted by Gasteiger charge is 2.01. The van der Waals surface area contributed by atoms with Gasteiger partial charge in [0, 0.05) is 5.02 Å². The summed E-state index contributed by atoms with van der Waals surface area (Å²) in [4.78, 5) is 0. The molecule has 1 N–H and O–H groups in total. The fourth-order valence-corrected chi connectivity index (χ4v) is 1.23. The van der Waals surface area contributed by atoms with Crippen LogP contribution < -0.4 is 4.74 Å². The van der Waals surface area contributed by atoms with Crippen LogP contribution in [0.3, 0.4) is 0 Å². The van der Waals surface area contributed by atoms with Gasteiger partial charge in [0.1, 0.15) is 5.75 Å². The van der Waals surface area contributed by atoms with Crippen molar-refractivity contribution in [2.45, 2.75) is 6.42 Å². The summed E-state index contributed by atoms with van der Waals surface area (Å²) in [7, 11) is 1.60. The zero-order chi connectivity index (χ0) is 9.68. The van der Waals surface area contributed by atoms with E-state index in [0.717, 1.165) is 17.6 Å². The Kier molecular flexibility index (Phi) is 3.65. The van der Waals surface area contributed by atoms with Crippen molar-refractivity contribution in [2.24, 2.45) is 0 Å². The lowest BCUT2D eigenvalue weighted by Gasteiger charge is -2.06. The lowest BCUT2D eigenvalue weighted by molar-refractivity contribution is 0.410. The van der Waals surface area contributed by atoms with Crippen LogP contribution in [0.1, 0.15) is 5.56 Å². The van der Waals surface area contributed by atoms with Gasteiger partial charge in [0.25, 0.3) is 0 Å². The average Bonchev–Trinajstić information content (AvgIpc) is 2.16. The normalized spacial score (nSPS) is 10.6. The summed E-state index contributed by atoms with van der Waals surface area (Å²) in [5.74, 6) is 0.741. The summed E-state index contributed by atoms with van der Waals surface area (Å²) in [6, 6.07) is 5.42. The Hall–Kier alpha value is -1.15. The molecule has 70 valence electrons. The lowest BCUT2D eigenvalue weighted by Crippen LogP contribution is -1.90. The lowest BCUT2D eigenvalue weighted by atomic mass is 10.1. The van der Waals surface area contributed by atoms with Crippen molar-refractivity contribution in [1.82, 2.24) is 0 Å². The van der Waals surface area contributed by atoms with Crippen LogP contribution in [-0.2, 0) is 6.42 Å². The summed E-state index contributed by atoms with van der Waals surface area (Å²) >= 11 is 5.78. The Bertz CT molecular complexity index is 308. The van der Waals surface area contributed by atoms with Gasteiger partial charge >= 0.3 is 0 Å². The molecule has 0 fully saturated rings. The van der Waals surface area contributed by atoms with Crippen molar-refractivity contribution in [3.8, 4) is 5.75 Å². The second-order valence-electron chi connectivity index (χ2n) is 2.55. The van der Waals surface area contributed by atoms with Crippen molar-refractivity contribution in [1.29, 1.82) is 0 Å². The van der Waals surface area contributed by atoms with Crippen molar-refractivity contribution >= 4 is 11.6 Å². The highest BCUT2D eigenvalue weighted by Crippen LogP contribution is 2.23. The zero-order valence-electron chi connectivity index (χ0n) is 7.33. The fourth-order valence-electron chi connectivity index (χ4n) is 1.07. The minimum absolute atomic E-state index is 0.636. The van der Waals surface area contributed by atoms with E-state index in [9.17, 15) is 0 Å². The molecule has 0 radical (unpaired) electrons. The Morgan fingerprint density at radius 3 is 2.92 bits per heavy atom. The van der Waals surface area contributed by atoms with E-state index >= 15 is 0 Å². The number of allylic oxidation sites excluding steroid dienone is 1. The smallest absolute Gasteiger partial charge is 0.123 e. The summed E-state index contributed by atoms with van der Waals surface area (Å²) in [5, 5.41) is 9.15. The molecule has 1 rings (SSSR count). The van der Waals surface area contributed by atoms with Crippen LogP contribution in [0.15, 0.2) is 30.5 Å². The maximum absolute atomic E-state index is 8.50. The molecule has 1 aromatic carbocycles. The molecule has 1 aromatic rings. The topological polar surface area (TPSA) is 29.5 Å². The molecule has 0 heterocycles. The molecule has 13 heavy (non-hydrogen) atoms. The number of ether oxygens (including phenoxy) is 1. The predicted octanol–water partition coefficient (Wildman–Crippen LogP) is 2.96. The van der Waals surface area contributed by atoms with Crippen LogP contribution >= 0.6 is 11.6 Å². The number of hydrogen-bond donors (Lipinski definition) is 1. The molecule has 0 aliphatic heterocycles. The Morgan fingerprint density at radius 1 is 1.54 bits per heavy atom. The molecular formula is C10H11ClO2. The molecule has 0 aliphatic rings. The zero-order valence-corrected chi connectivity index (χ0v) is 8.08. The first-order valence-electron chi connectivity index (χ1n) is 3.89.